The summed E-state index contributed by atoms with van der Waals surface area (Å²) in [6.45, 7) is 18.7. The van der Waals surface area contributed by atoms with Crippen LogP contribution in [0.5, 0.6) is 0 Å². The van der Waals surface area contributed by atoms with Crippen molar-refractivity contribution in [3.63, 3.8) is 0 Å². The summed E-state index contributed by atoms with van der Waals surface area (Å²) in [5, 5.41) is 0.815. The highest BCUT2D eigenvalue weighted by atomic mass is 79.9. The van der Waals surface area contributed by atoms with E-state index in [0.717, 1.165) is 81.4 Å². The third-order valence-electron chi connectivity index (χ3n) is 12.4. The van der Waals surface area contributed by atoms with Gasteiger partial charge in [0, 0.05) is 88.3 Å². The van der Waals surface area contributed by atoms with Crippen molar-refractivity contribution in [1.29, 1.82) is 0 Å². The molecule has 456 valence electrons. The van der Waals surface area contributed by atoms with Crippen LogP contribution in [0.25, 0.3) is 0 Å². The number of aromatic nitrogens is 2. The molecule has 9 aromatic rings. The molecule has 0 aliphatic carbocycles. The van der Waals surface area contributed by atoms with E-state index in [2.05, 4.69) is 304 Å². The lowest BCUT2D eigenvalue weighted by atomic mass is 10.1. The molecule has 9 rings (SSSR count). The topological polar surface area (TPSA) is 25.8 Å². The molecule has 15 heteroatoms. The molecule has 0 fully saturated rings. The van der Waals surface area contributed by atoms with E-state index in [1.165, 1.54) is 83.5 Å². The van der Waals surface area contributed by atoms with E-state index >= 15 is 0 Å². The molecule has 0 aliphatic rings. The number of thiol groups is 9. The zero-order chi connectivity index (χ0) is 63.7. The fraction of sp³-hybridized carbons (Fsp3) is 0.257. The Labute approximate surface area is 591 Å². The lowest BCUT2D eigenvalue weighted by Crippen LogP contribution is -1.87. The molecule has 0 amide bonds. The second-order valence-electron chi connectivity index (χ2n) is 19.1. The van der Waals surface area contributed by atoms with Crippen LogP contribution in [0.4, 0.5) is 0 Å². The van der Waals surface area contributed by atoms with Gasteiger partial charge in [-0.2, -0.15) is 114 Å². The van der Waals surface area contributed by atoms with E-state index in [0.29, 0.717) is 5.75 Å². The Morgan fingerprint density at radius 1 is 0.341 bits per heavy atom. The molecular formula is C70H84Br3ClN2S9. The standard InChI is InChI=1S/3C8H9BrS.C8H9ClS.3C8H10S.2C7H9NS/c1-6-4-8(9)3-2-7(6)5-10;1-6-2-3-8(9)4-7(6)5-10;2*1-6-3-2-4-8(9)7(6)5-10;1-7-2-4-8(6-9)5-3-7;1-7-3-2-4-8(5-7)6-9;1-7-4-2-3-5-8(7)6-9;1-6-2-3-7(5-9)8-4-6;1-6-3-2-4-8-7(6)5-9/h4*2-4,10H,5H2,1H3;3*2-5,9H,6H2,1H3;2*2-4,9H,5H2,1H3. The molecule has 0 aliphatic heterocycles. The first-order valence-electron chi connectivity index (χ1n) is 27.1. The molecule has 0 radical (unpaired) electrons. The van der Waals surface area contributed by atoms with E-state index in [4.69, 9.17) is 11.6 Å². The van der Waals surface area contributed by atoms with Gasteiger partial charge in [0.05, 0.1) is 5.69 Å². The van der Waals surface area contributed by atoms with Gasteiger partial charge in [-0.3, -0.25) is 9.97 Å². The van der Waals surface area contributed by atoms with Crippen molar-refractivity contribution in [2.45, 2.75) is 114 Å². The Kier molecular flexibility index (Phi) is 46.1. The fourth-order valence-electron chi connectivity index (χ4n) is 6.95. The van der Waals surface area contributed by atoms with E-state index in [1.807, 2.05) is 106 Å². The van der Waals surface area contributed by atoms with Crippen molar-refractivity contribution >= 4 is 173 Å². The highest BCUT2D eigenvalue weighted by Crippen LogP contribution is 2.23. The first kappa shape index (κ1) is 80.7. The lowest BCUT2D eigenvalue weighted by Gasteiger charge is -2.03. The summed E-state index contributed by atoms with van der Waals surface area (Å²) in [6.07, 6.45) is 3.64. The third-order valence-corrected chi connectivity index (χ3v) is 17.5. The van der Waals surface area contributed by atoms with Gasteiger partial charge in [-0.25, -0.2) is 0 Å². The minimum Gasteiger partial charge on any atom is -0.260 e. The second-order valence-corrected chi connectivity index (χ2v) is 25.1. The highest BCUT2D eigenvalue weighted by molar-refractivity contribution is 9.11. The van der Waals surface area contributed by atoms with Crippen LogP contribution in [0.15, 0.2) is 196 Å². The number of hydrogen-bond acceptors (Lipinski definition) is 11. The number of aryl methyl sites for hydroxylation is 9. The molecule has 0 spiro atoms. The molecule has 0 saturated heterocycles. The van der Waals surface area contributed by atoms with Crippen molar-refractivity contribution in [3.05, 3.63) is 301 Å². The number of halogens is 4. The van der Waals surface area contributed by atoms with Gasteiger partial charge in [-0.1, -0.05) is 192 Å². The number of benzene rings is 7. The maximum absolute atomic E-state index is 5.88. The number of rotatable bonds is 9. The molecule has 0 unspecified atom stereocenters. The Balaban J connectivity index is 0.000000478. The molecule has 0 bridgehead atoms. The molecular weight excluding hydrogens is 1430 g/mol. The van der Waals surface area contributed by atoms with E-state index < -0.39 is 0 Å². The highest BCUT2D eigenvalue weighted by Gasteiger charge is 2.01. The number of pyridine rings is 2. The normalized spacial score (nSPS) is 9.72. The fourth-order valence-corrected chi connectivity index (χ4v) is 11.9. The summed E-state index contributed by atoms with van der Waals surface area (Å²) in [6, 6.07) is 57.6. The Morgan fingerprint density at radius 3 is 1.31 bits per heavy atom. The maximum Gasteiger partial charge on any atom is 0.0529 e. The minimum absolute atomic E-state index is 0.714. The monoisotopic (exact) mass is 1510 g/mol. The van der Waals surface area contributed by atoms with Crippen LogP contribution in [-0.4, -0.2) is 9.97 Å². The minimum atomic E-state index is 0.714. The van der Waals surface area contributed by atoms with Crippen LogP contribution in [0, 0.1) is 62.3 Å². The van der Waals surface area contributed by atoms with E-state index in [9.17, 15) is 0 Å². The quantitative estimate of drug-likeness (QED) is 0.0674. The molecule has 85 heavy (non-hydrogen) atoms. The largest absolute Gasteiger partial charge is 0.260 e. The van der Waals surface area contributed by atoms with Crippen LogP contribution in [0.3, 0.4) is 0 Å². The summed E-state index contributed by atoms with van der Waals surface area (Å²) in [7, 11) is 0. The molecule has 2 heterocycles. The molecule has 2 nitrogen and oxygen atoms in total. The van der Waals surface area contributed by atoms with Gasteiger partial charge < -0.3 is 0 Å². The predicted molar refractivity (Wildman–Crippen MR) is 419 cm³/mol. The summed E-state index contributed by atoms with van der Waals surface area (Å²) < 4.78 is 3.42. The summed E-state index contributed by atoms with van der Waals surface area (Å²) in [5.74, 6) is 7.10. The van der Waals surface area contributed by atoms with Crippen LogP contribution in [0.2, 0.25) is 5.02 Å². The van der Waals surface area contributed by atoms with E-state index in [-0.39, 0.29) is 0 Å². The lowest BCUT2D eigenvalue weighted by molar-refractivity contribution is 1.13. The van der Waals surface area contributed by atoms with E-state index in [1.54, 1.807) is 6.20 Å². The van der Waals surface area contributed by atoms with Crippen molar-refractivity contribution in [2.24, 2.45) is 0 Å². The van der Waals surface area contributed by atoms with Crippen LogP contribution in [0.1, 0.15) is 100 Å². The van der Waals surface area contributed by atoms with Crippen molar-refractivity contribution in [2.75, 3.05) is 0 Å². The van der Waals surface area contributed by atoms with Gasteiger partial charge in [0.1, 0.15) is 0 Å². The molecule has 0 N–H and O–H groups in total. The number of nitrogens with zero attached hydrogens (tertiary/aromatic N) is 2. The number of hydrogen-bond donors (Lipinski definition) is 9. The average molecular weight is 1520 g/mol. The van der Waals surface area contributed by atoms with Crippen LogP contribution >= 0.6 is 173 Å². The average Bonchev–Trinajstić information content (AvgIpc) is 3.52. The maximum atomic E-state index is 5.88. The molecule has 7 aromatic carbocycles. The first-order valence-corrected chi connectivity index (χ1v) is 35.5. The predicted octanol–water partition coefficient (Wildman–Crippen LogP) is 23.6. The van der Waals surface area contributed by atoms with Gasteiger partial charge in [0.15, 0.2) is 0 Å². The molecule has 0 saturated carbocycles. The Morgan fingerprint density at radius 2 is 0.871 bits per heavy atom. The zero-order valence-electron chi connectivity index (χ0n) is 50.1. The third kappa shape index (κ3) is 35.1. The van der Waals surface area contributed by atoms with Gasteiger partial charge >= 0.3 is 0 Å². The van der Waals surface area contributed by atoms with Gasteiger partial charge in [0.2, 0.25) is 0 Å². The van der Waals surface area contributed by atoms with Crippen LogP contribution in [-0.2, 0) is 51.8 Å². The first-order chi connectivity index (χ1) is 40.6. The van der Waals surface area contributed by atoms with Gasteiger partial charge in [0.25, 0.3) is 0 Å². The van der Waals surface area contributed by atoms with Gasteiger partial charge in [-0.15, -0.1) is 0 Å². The Bertz CT molecular complexity index is 3070. The molecule has 0 atom stereocenters. The van der Waals surface area contributed by atoms with Crippen molar-refractivity contribution in [1.82, 2.24) is 9.97 Å². The summed E-state index contributed by atoms with van der Waals surface area (Å²) >= 11 is 53.6. The smallest absolute Gasteiger partial charge is 0.0529 e. The Hall–Kier alpha value is -2.28. The second kappa shape index (κ2) is 48.6. The SMILES string of the molecule is Cc1cc(Br)ccc1CS.Cc1ccc(Br)cc1CS.Cc1ccc(CS)cc1.Cc1ccc(CS)nc1.Cc1cccc(Br)c1CS.Cc1cccc(CS)c1.Cc1cccc(Cl)c1CS.Cc1ccccc1CS.Cc1cccnc1CS. The molecule has 2 aromatic heterocycles. The van der Waals surface area contributed by atoms with Crippen LogP contribution < -0.4 is 0 Å². The summed E-state index contributed by atoms with van der Waals surface area (Å²) in [4.78, 5) is 8.24. The van der Waals surface area contributed by atoms with Gasteiger partial charge in [-0.05, 0) is 189 Å². The van der Waals surface area contributed by atoms with Crippen molar-refractivity contribution in [3.8, 4) is 0 Å². The summed E-state index contributed by atoms with van der Waals surface area (Å²) in [5.41, 5.74) is 22.5. The van der Waals surface area contributed by atoms with Crippen molar-refractivity contribution < 1.29 is 0 Å². The zero-order valence-corrected chi connectivity index (χ0v) is 63.7.